The number of hydrogen-bond acceptors (Lipinski definition) is 5. The van der Waals surface area contributed by atoms with Crippen molar-refractivity contribution >= 4 is 11.9 Å². The van der Waals surface area contributed by atoms with Gasteiger partial charge in [0.2, 0.25) is 11.9 Å². The first kappa shape index (κ1) is 18.4. The van der Waals surface area contributed by atoms with E-state index in [1.807, 2.05) is 37.9 Å². The van der Waals surface area contributed by atoms with Crippen molar-refractivity contribution in [2.24, 2.45) is 7.05 Å². The number of carbonyl (C=O) groups is 1. The van der Waals surface area contributed by atoms with Crippen LogP contribution >= 0.6 is 0 Å². The number of carbonyl (C=O) groups excluding carboxylic acids is 1. The third kappa shape index (κ3) is 4.03. The van der Waals surface area contributed by atoms with E-state index in [-0.39, 0.29) is 17.9 Å². The van der Waals surface area contributed by atoms with E-state index in [1.165, 1.54) is 6.42 Å². The van der Waals surface area contributed by atoms with Gasteiger partial charge in [0.15, 0.2) is 0 Å². The van der Waals surface area contributed by atoms with Crippen LogP contribution in [0.15, 0.2) is 12.4 Å². The lowest BCUT2D eigenvalue weighted by Crippen LogP contribution is -2.45. The van der Waals surface area contributed by atoms with Crippen molar-refractivity contribution in [1.82, 2.24) is 24.4 Å². The number of aryl methyl sites for hydroxylation is 4. The second-order valence-electron chi connectivity index (χ2n) is 7.14. The maximum atomic E-state index is 13.0. The number of nitrogens with zero attached hydrogens (tertiary/aromatic N) is 5. The van der Waals surface area contributed by atoms with Gasteiger partial charge in [-0.2, -0.15) is 0 Å². The molecule has 2 N–H and O–H groups in total. The normalized spacial score (nSPS) is 17.5. The van der Waals surface area contributed by atoms with E-state index in [0.717, 1.165) is 55.0 Å². The molecule has 1 saturated heterocycles. The molecular weight excluding hydrogens is 328 g/mol. The SMILES string of the molecule is Cc1nc(N)nc(C)c1CC(=O)N1CCCCC1CCc1nccn1C. The minimum absolute atomic E-state index is 0.161. The number of rotatable bonds is 5. The van der Waals surface area contributed by atoms with Gasteiger partial charge in [0.05, 0.1) is 6.42 Å². The van der Waals surface area contributed by atoms with Crippen molar-refractivity contribution < 1.29 is 4.79 Å². The molecular formula is C19H28N6O. The van der Waals surface area contributed by atoms with Crippen LogP contribution in [-0.2, 0) is 24.7 Å². The molecule has 0 aromatic carbocycles. The van der Waals surface area contributed by atoms with E-state index >= 15 is 0 Å². The summed E-state index contributed by atoms with van der Waals surface area (Å²) in [4.78, 5) is 27.9. The number of nitrogens with two attached hydrogens (primary N) is 1. The van der Waals surface area contributed by atoms with E-state index in [9.17, 15) is 4.79 Å². The summed E-state index contributed by atoms with van der Waals surface area (Å²) in [6.07, 6.45) is 9.29. The van der Waals surface area contributed by atoms with Gasteiger partial charge in [0.25, 0.3) is 0 Å². The molecule has 1 amide bonds. The van der Waals surface area contributed by atoms with Gasteiger partial charge in [-0.15, -0.1) is 0 Å². The van der Waals surface area contributed by atoms with Crippen molar-refractivity contribution in [3.63, 3.8) is 0 Å². The molecule has 1 fully saturated rings. The number of imidazole rings is 1. The lowest BCUT2D eigenvalue weighted by atomic mass is 9.96. The fourth-order valence-corrected chi connectivity index (χ4v) is 3.84. The Morgan fingerprint density at radius 1 is 1.27 bits per heavy atom. The zero-order valence-corrected chi connectivity index (χ0v) is 15.9. The molecule has 140 valence electrons. The standard InChI is InChI=1S/C19H28N6O/c1-13-16(14(2)23-19(20)22-13)12-18(26)25-10-5-4-6-15(25)7-8-17-21-9-11-24(17)3/h9,11,15H,4-8,10,12H2,1-3H3,(H2,20,22,23). The lowest BCUT2D eigenvalue weighted by molar-refractivity contribution is -0.134. The molecule has 7 heteroatoms. The Kier molecular flexibility index (Phi) is 5.54. The fraction of sp³-hybridized carbons (Fsp3) is 0.579. The zero-order chi connectivity index (χ0) is 18.7. The predicted molar refractivity (Wildman–Crippen MR) is 101 cm³/mol. The number of amides is 1. The first-order chi connectivity index (χ1) is 12.5. The Morgan fingerprint density at radius 3 is 2.65 bits per heavy atom. The van der Waals surface area contributed by atoms with E-state index in [2.05, 4.69) is 19.9 Å². The van der Waals surface area contributed by atoms with Crippen LogP contribution < -0.4 is 5.73 Å². The van der Waals surface area contributed by atoms with Crippen LogP contribution in [0.2, 0.25) is 0 Å². The Balaban J connectivity index is 1.69. The summed E-state index contributed by atoms with van der Waals surface area (Å²) in [6, 6.07) is 0.281. The third-order valence-corrected chi connectivity index (χ3v) is 5.34. The van der Waals surface area contributed by atoms with Gasteiger partial charge in [0, 0.05) is 55.4 Å². The smallest absolute Gasteiger partial charge is 0.227 e. The van der Waals surface area contributed by atoms with E-state index in [1.54, 1.807) is 0 Å². The number of likely N-dealkylation sites (tertiary alicyclic amines) is 1. The van der Waals surface area contributed by atoms with E-state index in [0.29, 0.717) is 6.42 Å². The van der Waals surface area contributed by atoms with Gasteiger partial charge in [-0.1, -0.05) is 0 Å². The van der Waals surface area contributed by atoms with Crippen LogP contribution in [0.3, 0.4) is 0 Å². The molecule has 2 aromatic rings. The average molecular weight is 356 g/mol. The van der Waals surface area contributed by atoms with Crippen LogP contribution in [0.4, 0.5) is 5.95 Å². The van der Waals surface area contributed by atoms with E-state index in [4.69, 9.17) is 5.73 Å². The molecule has 0 radical (unpaired) electrons. The highest BCUT2D eigenvalue weighted by Crippen LogP contribution is 2.23. The summed E-state index contributed by atoms with van der Waals surface area (Å²) in [5.41, 5.74) is 8.19. The number of nitrogen functional groups attached to an aromatic ring is 1. The Labute approximate surface area is 154 Å². The van der Waals surface area contributed by atoms with Crippen LogP contribution in [0, 0.1) is 13.8 Å². The Bertz CT molecular complexity index is 761. The highest BCUT2D eigenvalue weighted by molar-refractivity contribution is 5.79. The zero-order valence-electron chi connectivity index (χ0n) is 15.9. The maximum absolute atomic E-state index is 13.0. The van der Waals surface area contributed by atoms with Crippen LogP contribution in [0.5, 0.6) is 0 Å². The monoisotopic (exact) mass is 356 g/mol. The second-order valence-corrected chi connectivity index (χ2v) is 7.14. The second kappa shape index (κ2) is 7.85. The first-order valence-corrected chi connectivity index (χ1v) is 9.31. The summed E-state index contributed by atoms with van der Waals surface area (Å²) in [5, 5.41) is 0. The molecule has 2 aromatic heterocycles. The lowest BCUT2D eigenvalue weighted by Gasteiger charge is -2.36. The molecule has 26 heavy (non-hydrogen) atoms. The van der Waals surface area contributed by atoms with Gasteiger partial charge in [-0.25, -0.2) is 15.0 Å². The molecule has 0 aliphatic carbocycles. The van der Waals surface area contributed by atoms with Crippen molar-refractivity contribution in [2.75, 3.05) is 12.3 Å². The van der Waals surface area contributed by atoms with Crippen molar-refractivity contribution in [3.05, 3.63) is 35.2 Å². The molecule has 0 bridgehead atoms. The molecule has 0 spiro atoms. The van der Waals surface area contributed by atoms with Gasteiger partial charge in [0.1, 0.15) is 5.82 Å². The molecule has 1 aliphatic heterocycles. The molecule has 3 heterocycles. The van der Waals surface area contributed by atoms with Crippen molar-refractivity contribution in [3.8, 4) is 0 Å². The number of hydrogen-bond donors (Lipinski definition) is 1. The summed E-state index contributed by atoms with van der Waals surface area (Å²) in [6.45, 7) is 4.61. The first-order valence-electron chi connectivity index (χ1n) is 9.31. The highest BCUT2D eigenvalue weighted by atomic mass is 16.2. The largest absolute Gasteiger partial charge is 0.368 e. The summed E-state index contributed by atoms with van der Waals surface area (Å²) >= 11 is 0. The van der Waals surface area contributed by atoms with E-state index < -0.39 is 0 Å². The molecule has 1 unspecified atom stereocenters. The van der Waals surface area contributed by atoms with Crippen LogP contribution in [0.25, 0.3) is 0 Å². The number of aromatic nitrogens is 4. The van der Waals surface area contributed by atoms with Gasteiger partial charge >= 0.3 is 0 Å². The molecule has 1 atom stereocenters. The van der Waals surface area contributed by atoms with Gasteiger partial charge in [-0.05, 0) is 39.5 Å². The maximum Gasteiger partial charge on any atom is 0.227 e. The van der Waals surface area contributed by atoms with Crippen molar-refractivity contribution in [2.45, 2.75) is 58.4 Å². The van der Waals surface area contributed by atoms with Crippen molar-refractivity contribution in [1.29, 1.82) is 0 Å². The quantitative estimate of drug-likeness (QED) is 0.884. The summed E-state index contributed by atoms with van der Waals surface area (Å²) in [7, 11) is 2.01. The Hall–Kier alpha value is -2.44. The molecule has 0 saturated carbocycles. The summed E-state index contributed by atoms with van der Waals surface area (Å²) in [5.74, 6) is 1.50. The summed E-state index contributed by atoms with van der Waals surface area (Å²) < 4.78 is 2.05. The Morgan fingerprint density at radius 2 is 2.00 bits per heavy atom. The minimum atomic E-state index is 0.161. The van der Waals surface area contributed by atoms with Gasteiger partial charge in [-0.3, -0.25) is 4.79 Å². The number of piperidine rings is 1. The highest BCUT2D eigenvalue weighted by Gasteiger charge is 2.27. The minimum Gasteiger partial charge on any atom is -0.368 e. The fourth-order valence-electron chi connectivity index (χ4n) is 3.84. The average Bonchev–Trinajstić information content (AvgIpc) is 3.01. The van der Waals surface area contributed by atoms with Crippen LogP contribution in [-0.4, -0.2) is 42.9 Å². The molecule has 7 nitrogen and oxygen atoms in total. The van der Waals surface area contributed by atoms with Crippen LogP contribution in [0.1, 0.15) is 48.5 Å². The molecule has 1 aliphatic rings. The molecule has 3 rings (SSSR count). The number of anilines is 1. The third-order valence-electron chi connectivity index (χ3n) is 5.34. The van der Waals surface area contributed by atoms with Gasteiger partial charge < -0.3 is 15.2 Å². The topological polar surface area (TPSA) is 89.9 Å². The predicted octanol–water partition coefficient (Wildman–Crippen LogP) is 1.97.